The van der Waals surface area contributed by atoms with Crippen LogP contribution in [0.3, 0.4) is 0 Å². The first-order chi connectivity index (χ1) is 11.6. The molecule has 0 radical (unpaired) electrons. The Morgan fingerprint density at radius 2 is 0.792 bits per heavy atom. The first kappa shape index (κ1) is 24.9. The van der Waals surface area contributed by atoms with Gasteiger partial charge in [-0.3, -0.25) is 0 Å². The Labute approximate surface area is 157 Å². The van der Waals surface area contributed by atoms with Gasteiger partial charge >= 0.3 is 17.6 Å². The fourth-order valence-electron chi connectivity index (χ4n) is 2.24. The highest BCUT2D eigenvalue weighted by Gasteiger charge is 2.37. The van der Waals surface area contributed by atoms with Gasteiger partial charge in [-0.2, -0.15) is 0 Å². The molecule has 0 aliphatic carbocycles. The Hall–Kier alpha value is 0.894. The van der Waals surface area contributed by atoms with E-state index in [0.717, 1.165) is 49.3 Å². The van der Waals surface area contributed by atoms with Crippen molar-refractivity contribution in [2.75, 3.05) is 54.2 Å². The van der Waals surface area contributed by atoms with E-state index in [-0.39, 0.29) is 0 Å². The summed E-state index contributed by atoms with van der Waals surface area (Å²) in [5.41, 5.74) is 0. The second-order valence-corrected chi connectivity index (χ2v) is 14.0. The Balaban J connectivity index is 3.58. The van der Waals surface area contributed by atoms with Gasteiger partial charge in [0.25, 0.3) is 0 Å². The standard InChI is InChI=1S/C14H34O6S2Si2/c1-15-23(16-2,17-3)13-9-7-11-21-22-12-8-10-14-24(18-4,19-5)20-6/h7-14H2,1-6H3. The molecule has 0 aromatic heterocycles. The van der Waals surface area contributed by atoms with Crippen molar-refractivity contribution in [3.63, 3.8) is 0 Å². The second-order valence-electron chi connectivity index (χ2n) is 5.15. The average molecular weight is 419 g/mol. The highest BCUT2D eigenvalue weighted by molar-refractivity contribution is 8.76. The van der Waals surface area contributed by atoms with Gasteiger partial charge in [0.2, 0.25) is 0 Å². The van der Waals surface area contributed by atoms with E-state index >= 15 is 0 Å². The van der Waals surface area contributed by atoms with Gasteiger partial charge in [0, 0.05) is 66.3 Å². The quantitative estimate of drug-likeness (QED) is 0.201. The summed E-state index contributed by atoms with van der Waals surface area (Å²) < 4.78 is 32.5. The highest BCUT2D eigenvalue weighted by Crippen LogP contribution is 2.26. The van der Waals surface area contributed by atoms with E-state index in [1.54, 1.807) is 42.7 Å². The van der Waals surface area contributed by atoms with Crippen LogP contribution in [0.15, 0.2) is 0 Å². The molecule has 10 heteroatoms. The van der Waals surface area contributed by atoms with Gasteiger partial charge in [-0.05, 0) is 25.7 Å². The van der Waals surface area contributed by atoms with Crippen LogP contribution in [-0.4, -0.2) is 71.8 Å². The molecule has 0 saturated carbocycles. The monoisotopic (exact) mass is 418 g/mol. The molecule has 0 atom stereocenters. The molecule has 0 aliphatic rings. The highest BCUT2D eigenvalue weighted by atomic mass is 33.1. The Morgan fingerprint density at radius 1 is 0.500 bits per heavy atom. The third kappa shape index (κ3) is 9.55. The van der Waals surface area contributed by atoms with Gasteiger partial charge in [-0.15, -0.1) is 0 Å². The van der Waals surface area contributed by atoms with Gasteiger partial charge in [-0.25, -0.2) is 0 Å². The Bertz CT molecular complexity index is 250. The summed E-state index contributed by atoms with van der Waals surface area (Å²) in [6.45, 7) is 0. The Morgan fingerprint density at radius 3 is 1.04 bits per heavy atom. The zero-order valence-corrected chi connectivity index (χ0v) is 19.6. The van der Waals surface area contributed by atoms with Crippen LogP contribution in [0.5, 0.6) is 0 Å². The smallest absolute Gasteiger partial charge is 0.377 e. The van der Waals surface area contributed by atoms with Gasteiger partial charge in [-0.1, -0.05) is 21.6 Å². The molecular formula is C14H34O6S2Si2. The van der Waals surface area contributed by atoms with Crippen molar-refractivity contribution in [3.8, 4) is 0 Å². The number of rotatable bonds is 17. The van der Waals surface area contributed by atoms with Crippen LogP contribution in [0.1, 0.15) is 25.7 Å². The Kier molecular flexibility index (Phi) is 15.6. The molecule has 0 heterocycles. The molecule has 0 amide bonds. The molecule has 0 rings (SSSR count). The minimum absolute atomic E-state index is 0.874. The van der Waals surface area contributed by atoms with Crippen LogP contribution < -0.4 is 0 Å². The fourth-order valence-corrected chi connectivity index (χ4v) is 8.12. The zero-order valence-electron chi connectivity index (χ0n) is 15.9. The van der Waals surface area contributed by atoms with E-state index in [2.05, 4.69) is 0 Å². The molecule has 24 heavy (non-hydrogen) atoms. The van der Waals surface area contributed by atoms with Crippen LogP contribution in [-0.2, 0) is 26.6 Å². The van der Waals surface area contributed by atoms with Crippen molar-refractivity contribution in [1.29, 1.82) is 0 Å². The maximum atomic E-state index is 5.42. The summed E-state index contributed by atoms with van der Waals surface area (Å²) >= 11 is 0. The van der Waals surface area contributed by atoms with Crippen molar-refractivity contribution < 1.29 is 26.6 Å². The van der Waals surface area contributed by atoms with Crippen molar-refractivity contribution >= 4 is 39.2 Å². The number of unbranched alkanes of at least 4 members (excludes halogenated alkanes) is 2. The maximum Gasteiger partial charge on any atom is 0.500 e. The average Bonchev–Trinajstić information content (AvgIpc) is 2.64. The number of hydrogen-bond acceptors (Lipinski definition) is 8. The summed E-state index contributed by atoms with van der Waals surface area (Å²) in [7, 11) is 9.09. The van der Waals surface area contributed by atoms with E-state index in [1.165, 1.54) is 0 Å². The van der Waals surface area contributed by atoms with Gasteiger partial charge < -0.3 is 26.6 Å². The zero-order chi connectivity index (χ0) is 18.3. The van der Waals surface area contributed by atoms with Gasteiger partial charge in [0.05, 0.1) is 0 Å². The number of hydrogen-bond donors (Lipinski definition) is 0. The molecule has 146 valence electrons. The normalized spacial score (nSPS) is 12.8. The third-order valence-electron chi connectivity index (χ3n) is 3.87. The fraction of sp³-hybridized carbons (Fsp3) is 1.00. The lowest BCUT2D eigenvalue weighted by molar-refractivity contribution is 0.122. The van der Waals surface area contributed by atoms with E-state index < -0.39 is 17.6 Å². The van der Waals surface area contributed by atoms with Crippen molar-refractivity contribution in [1.82, 2.24) is 0 Å². The molecule has 6 nitrogen and oxygen atoms in total. The van der Waals surface area contributed by atoms with Gasteiger partial charge in [0.1, 0.15) is 0 Å². The molecule has 0 bridgehead atoms. The first-order valence-electron chi connectivity index (χ1n) is 8.13. The van der Waals surface area contributed by atoms with Crippen LogP contribution in [0.2, 0.25) is 12.1 Å². The molecule has 0 aromatic rings. The van der Waals surface area contributed by atoms with Crippen LogP contribution in [0, 0.1) is 0 Å². The predicted octanol–water partition coefficient (Wildman–Crippen LogP) is 3.68. The lowest BCUT2D eigenvalue weighted by Gasteiger charge is -2.24. The van der Waals surface area contributed by atoms with E-state index in [1.807, 2.05) is 21.6 Å². The lowest BCUT2D eigenvalue weighted by Crippen LogP contribution is -2.42. The summed E-state index contributed by atoms with van der Waals surface area (Å²) in [6.07, 6.45) is 4.43. The molecule has 0 spiro atoms. The molecule has 0 saturated heterocycles. The van der Waals surface area contributed by atoms with E-state index in [4.69, 9.17) is 26.6 Å². The SMILES string of the molecule is CO[Si](CCCCSSCCCC[Si](OC)(OC)OC)(OC)OC. The third-order valence-corrected chi connectivity index (χ3v) is 12.1. The lowest BCUT2D eigenvalue weighted by atomic mass is 10.4. The molecular weight excluding hydrogens is 384 g/mol. The molecule has 0 aromatic carbocycles. The predicted molar refractivity (Wildman–Crippen MR) is 107 cm³/mol. The molecule has 0 aliphatic heterocycles. The van der Waals surface area contributed by atoms with Gasteiger partial charge in [0.15, 0.2) is 0 Å². The van der Waals surface area contributed by atoms with E-state index in [9.17, 15) is 0 Å². The summed E-state index contributed by atoms with van der Waals surface area (Å²) in [6, 6.07) is 1.75. The van der Waals surface area contributed by atoms with Crippen molar-refractivity contribution in [2.45, 2.75) is 37.8 Å². The van der Waals surface area contributed by atoms with Crippen LogP contribution in [0.4, 0.5) is 0 Å². The summed E-state index contributed by atoms with van der Waals surface area (Å²) in [5.74, 6) is 2.28. The van der Waals surface area contributed by atoms with E-state index in [0.29, 0.717) is 0 Å². The molecule has 0 N–H and O–H groups in total. The maximum absolute atomic E-state index is 5.42. The first-order valence-corrected chi connectivity index (χ1v) is 14.5. The summed E-state index contributed by atoms with van der Waals surface area (Å²) in [5, 5.41) is 0. The van der Waals surface area contributed by atoms with Crippen molar-refractivity contribution in [2.24, 2.45) is 0 Å². The van der Waals surface area contributed by atoms with Crippen LogP contribution in [0.25, 0.3) is 0 Å². The minimum Gasteiger partial charge on any atom is -0.377 e. The second kappa shape index (κ2) is 15.0. The molecule has 0 fully saturated rings. The molecule has 0 unspecified atom stereocenters. The largest absolute Gasteiger partial charge is 0.500 e. The van der Waals surface area contributed by atoms with Crippen molar-refractivity contribution in [3.05, 3.63) is 0 Å². The summed E-state index contributed by atoms with van der Waals surface area (Å²) in [4.78, 5) is 0. The topological polar surface area (TPSA) is 55.4 Å². The minimum atomic E-state index is -2.38. The van der Waals surface area contributed by atoms with Crippen LogP contribution >= 0.6 is 21.6 Å².